The molecule has 0 spiro atoms. The van der Waals surface area contributed by atoms with Gasteiger partial charge in [0.2, 0.25) is 0 Å². The Balaban J connectivity index is 2.87. The summed E-state index contributed by atoms with van der Waals surface area (Å²) in [4.78, 5) is 0. The summed E-state index contributed by atoms with van der Waals surface area (Å²) in [6, 6.07) is 7.61. The molecule has 0 saturated carbocycles. The molecular formula is C9H9N. The van der Waals surface area contributed by atoms with Crippen LogP contribution in [0.2, 0.25) is 0 Å². The van der Waals surface area contributed by atoms with Gasteiger partial charge in [-0.05, 0) is 17.7 Å². The first kappa shape index (κ1) is 6.70. The summed E-state index contributed by atoms with van der Waals surface area (Å²) in [5.74, 6) is 2.56. The molecule has 0 atom stereocenters. The SMILES string of the molecule is C#CCc1cccc(N)c1. The zero-order valence-electron chi connectivity index (χ0n) is 5.67. The second kappa shape index (κ2) is 2.93. The minimum atomic E-state index is 0.658. The highest BCUT2D eigenvalue weighted by atomic mass is 14.5. The molecule has 0 heterocycles. The van der Waals surface area contributed by atoms with Crippen LogP contribution in [0.3, 0.4) is 0 Å². The summed E-state index contributed by atoms with van der Waals surface area (Å²) in [6.07, 6.45) is 5.78. The molecule has 0 aromatic heterocycles. The highest BCUT2D eigenvalue weighted by Gasteiger charge is 1.88. The fraction of sp³-hybridized carbons (Fsp3) is 0.111. The molecule has 0 saturated heterocycles. The molecule has 0 aliphatic rings. The van der Waals surface area contributed by atoms with Crippen LogP contribution >= 0.6 is 0 Å². The van der Waals surface area contributed by atoms with Crippen LogP contribution in [0.1, 0.15) is 5.56 Å². The number of rotatable bonds is 1. The van der Waals surface area contributed by atoms with E-state index in [0.717, 1.165) is 11.3 Å². The maximum atomic E-state index is 5.52. The Labute approximate surface area is 60.9 Å². The van der Waals surface area contributed by atoms with Crippen molar-refractivity contribution < 1.29 is 0 Å². The van der Waals surface area contributed by atoms with Crippen molar-refractivity contribution in [3.8, 4) is 12.3 Å². The lowest BCUT2D eigenvalue weighted by Crippen LogP contribution is -1.86. The summed E-state index contributed by atoms with van der Waals surface area (Å²) >= 11 is 0. The van der Waals surface area contributed by atoms with Gasteiger partial charge in [0, 0.05) is 12.1 Å². The van der Waals surface area contributed by atoms with Gasteiger partial charge in [-0.1, -0.05) is 12.1 Å². The van der Waals surface area contributed by atoms with Crippen molar-refractivity contribution in [3.05, 3.63) is 29.8 Å². The predicted molar refractivity (Wildman–Crippen MR) is 43.4 cm³/mol. The lowest BCUT2D eigenvalue weighted by Gasteiger charge is -1.95. The monoisotopic (exact) mass is 131 g/mol. The Morgan fingerprint density at radius 3 is 2.90 bits per heavy atom. The van der Waals surface area contributed by atoms with E-state index >= 15 is 0 Å². The van der Waals surface area contributed by atoms with Crippen LogP contribution < -0.4 is 5.73 Å². The largest absolute Gasteiger partial charge is 0.399 e. The first-order valence-electron chi connectivity index (χ1n) is 3.11. The molecule has 1 aromatic rings. The van der Waals surface area contributed by atoms with Crippen LogP contribution in [0.5, 0.6) is 0 Å². The molecule has 0 radical (unpaired) electrons. The summed E-state index contributed by atoms with van der Waals surface area (Å²) in [5.41, 5.74) is 7.39. The van der Waals surface area contributed by atoms with Crippen molar-refractivity contribution in [3.63, 3.8) is 0 Å². The third kappa shape index (κ3) is 1.53. The molecule has 1 rings (SSSR count). The summed E-state index contributed by atoms with van der Waals surface area (Å²) in [6.45, 7) is 0. The molecule has 0 bridgehead atoms. The normalized spacial score (nSPS) is 8.70. The van der Waals surface area contributed by atoms with Crippen molar-refractivity contribution in [2.45, 2.75) is 6.42 Å². The Hall–Kier alpha value is -1.42. The van der Waals surface area contributed by atoms with Gasteiger partial charge in [0.25, 0.3) is 0 Å². The maximum Gasteiger partial charge on any atom is 0.0338 e. The average Bonchev–Trinajstić information content (AvgIpc) is 1.88. The molecule has 0 aliphatic heterocycles. The van der Waals surface area contributed by atoms with E-state index in [9.17, 15) is 0 Å². The zero-order chi connectivity index (χ0) is 7.40. The first-order chi connectivity index (χ1) is 4.83. The molecule has 0 unspecified atom stereocenters. The number of nitrogens with two attached hydrogens (primary N) is 1. The zero-order valence-corrected chi connectivity index (χ0v) is 5.67. The van der Waals surface area contributed by atoms with Crippen molar-refractivity contribution in [2.75, 3.05) is 5.73 Å². The lowest BCUT2D eigenvalue weighted by molar-refractivity contribution is 1.32. The topological polar surface area (TPSA) is 26.0 Å². The Morgan fingerprint density at radius 1 is 1.50 bits per heavy atom. The summed E-state index contributed by atoms with van der Waals surface area (Å²) in [5, 5.41) is 0. The Kier molecular flexibility index (Phi) is 1.96. The van der Waals surface area contributed by atoms with Gasteiger partial charge in [-0.15, -0.1) is 12.3 Å². The second-order valence-electron chi connectivity index (χ2n) is 2.13. The number of nitrogen functional groups attached to an aromatic ring is 1. The number of hydrogen-bond donors (Lipinski definition) is 1. The van der Waals surface area contributed by atoms with Crippen LogP contribution in [0.4, 0.5) is 5.69 Å². The molecule has 10 heavy (non-hydrogen) atoms. The average molecular weight is 131 g/mol. The Bertz CT molecular complexity index is 258. The molecule has 0 aliphatic carbocycles. The van der Waals surface area contributed by atoms with E-state index in [1.165, 1.54) is 0 Å². The molecule has 1 heteroatoms. The molecular weight excluding hydrogens is 122 g/mol. The van der Waals surface area contributed by atoms with E-state index in [2.05, 4.69) is 5.92 Å². The van der Waals surface area contributed by atoms with Gasteiger partial charge in [-0.2, -0.15) is 0 Å². The maximum absolute atomic E-state index is 5.52. The number of hydrogen-bond acceptors (Lipinski definition) is 1. The van der Waals surface area contributed by atoms with Gasteiger partial charge in [-0.3, -0.25) is 0 Å². The van der Waals surface area contributed by atoms with Gasteiger partial charge in [0.1, 0.15) is 0 Å². The van der Waals surface area contributed by atoms with Crippen LogP contribution in [0.15, 0.2) is 24.3 Å². The van der Waals surface area contributed by atoms with Gasteiger partial charge in [-0.25, -0.2) is 0 Å². The standard InChI is InChI=1S/C9H9N/c1-2-4-8-5-3-6-9(10)7-8/h1,3,5-7H,4,10H2. The number of benzene rings is 1. The van der Waals surface area contributed by atoms with Gasteiger partial charge < -0.3 is 5.73 Å². The van der Waals surface area contributed by atoms with Crippen LogP contribution in [-0.4, -0.2) is 0 Å². The fourth-order valence-electron chi connectivity index (χ4n) is 0.821. The van der Waals surface area contributed by atoms with Gasteiger partial charge in [0.15, 0.2) is 0 Å². The van der Waals surface area contributed by atoms with Gasteiger partial charge >= 0.3 is 0 Å². The van der Waals surface area contributed by atoms with Crippen molar-refractivity contribution in [1.82, 2.24) is 0 Å². The molecule has 0 fully saturated rings. The predicted octanol–water partition coefficient (Wildman–Crippen LogP) is 1.44. The van der Waals surface area contributed by atoms with E-state index in [-0.39, 0.29) is 0 Å². The Morgan fingerprint density at radius 2 is 2.30 bits per heavy atom. The van der Waals surface area contributed by atoms with E-state index in [0.29, 0.717) is 6.42 Å². The molecule has 1 aromatic carbocycles. The van der Waals surface area contributed by atoms with Crippen molar-refractivity contribution in [1.29, 1.82) is 0 Å². The third-order valence-electron chi connectivity index (χ3n) is 1.26. The molecule has 1 nitrogen and oxygen atoms in total. The van der Waals surface area contributed by atoms with E-state index < -0.39 is 0 Å². The summed E-state index contributed by atoms with van der Waals surface area (Å²) < 4.78 is 0. The highest BCUT2D eigenvalue weighted by molar-refractivity contribution is 5.41. The van der Waals surface area contributed by atoms with Crippen molar-refractivity contribution >= 4 is 5.69 Å². The van der Waals surface area contributed by atoms with Gasteiger partial charge in [0.05, 0.1) is 0 Å². The highest BCUT2D eigenvalue weighted by Crippen LogP contribution is 2.05. The minimum absolute atomic E-state index is 0.658. The fourth-order valence-corrected chi connectivity index (χ4v) is 0.821. The number of terminal acetylenes is 1. The third-order valence-corrected chi connectivity index (χ3v) is 1.26. The van der Waals surface area contributed by atoms with Crippen molar-refractivity contribution in [2.24, 2.45) is 0 Å². The smallest absolute Gasteiger partial charge is 0.0338 e. The number of anilines is 1. The first-order valence-corrected chi connectivity index (χ1v) is 3.11. The van der Waals surface area contributed by atoms with E-state index in [1.54, 1.807) is 0 Å². The molecule has 0 amide bonds. The minimum Gasteiger partial charge on any atom is -0.399 e. The second-order valence-corrected chi connectivity index (χ2v) is 2.13. The van der Waals surface area contributed by atoms with Crippen LogP contribution in [-0.2, 0) is 6.42 Å². The quantitative estimate of drug-likeness (QED) is 0.453. The van der Waals surface area contributed by atoms with E-state index in [4.69, 9.17) is 12.2 Å². The molecule has 2 N–H and O–H groups in total. The van der Waals surface area contributed by atoms with Crippen LogP contribution in [0, 0.1) is 12.3 Å². The lowest BCUT2D eigenvalue weighted by atomic mass is 10.1. The summed E-state index contributed by atoms with van der Waals surface area (Å²) in [7, 11) is 0. The van der Waals surface area contributed by atoms with Crippen LogP contribution in [0.25, 0.3) is 0 Å². The van der Waals surface area contributed by atoms with E-state index in [1.807, 2.05) is 24.3 Å². The molecule has 50 valence electrons.